The molecule has 0 aliphatic carbocycles. The quantitative estimate of drug-likeness (QED) is 0.611. The fourth-order valence-electron chi connectivity index (χ4n) is 5.74. The van der Waals surface area contributed by atoms with E-state index in [0.717, 1.165) is 69.3 Å². The average molecular weight is 506 g/mol. The molecule has 1 atom stereocenters. The molecule has 0 radical (unpaired) electrons. The summed E-state index contributed by atoms with van der Waals surface area (Å²) < 4.78 is 40.7. The summed E-state index contributed by atoms with van der Waals surface area (Å²) in [5.74, 6) is 2.58. The number of alkyl halides is 3. The van der Waals surface area contributed by atoms with Crippen molar-refractivity contribution in [2.75, 3.05) is 42.9 Å². The van der Waals surface area contributed by atoms with Gasteiger partial charge in [-0.05, 0) is 51.1 Å². The average Bonchev–Trinajstić information content (AvgIpc) is 3.50. The zero-order valence-electron chi connectivity index (χ0n) is 20.7. The second-order valence-electron chi connectivity index (χ2n) is 10.3. The Balaban J connectivity index is 1.30. The number of anilines is 2. The molecule has 0 aromatic carbocycles. The molecule has 0 saturated carbocycles. The van der Waals surface area contributed by atoms with Gasteiger partial charge in [0.1, 0.15) is 23.8 Å². The number of halogens is 3. The SMILES string of the molecule is C[C@@H]1CC(=O)Nc2ncnc(N3CCC(c4nc(CCC(F)(F)F)cn4CCN4CCCC4)CC3)c21. The van der Waals surface area contributed by atoms with E-state index in [0.29, 0.717) is 17.9 Å². The molecule has 0 unspecified atom stereocenters. The number of amides is 1. The highest BCUT2D eigenvalue weighted by molar-refractivity contribution is 5.94. The summed E-state index contributed by atoms with van der Waals surface area (Å²) in [5, 5.41) is 2.86. The summed E-state index contributed by atoms with van der Waals surface area (Å²) in [6, 6.07) is 0. The molecular formula is C25H34F3N7O. The number of rotatable bonds is 7. The second-order valence-corrected chi connectivity index (χ2v) is 10.3. The Morgan fingerprint density at radius 2 is 1.83 bits per heavy atom. The van der Waals surface area contributed by atoms with Crippen LogP contribution in [0.1, 0.15) is 74.4 Å². The van der Waals surface area contributed by atoms with Crippen molar-refractivity contribution in [2.24, 2.45) is 0 Å². The summed E-state index contributed by atoms with van der Waals surface area (Å²) in [4.78, 5) is 30.2. The number of nitrogens with zero attached hydrogens (tertiary/aromatic N) is 6. The predicted octanol–water partition coefficient (Wildman–Crippen LogP) is 4.09. The molecule has 5 heterocycles. The highest BCUT2D eigenvalue weighted by Crippen LogP contribution is 2.38. The first-order chi connectivity index (χ1) is 17.3. The summed E-state index contributed by atoms with van der Waals surface area (Å²) in [6.07, 6.45) is 2.76. The largest absolute Gasteiger partial charge is 0.389 e. The molecule has 36 heavy (non-hydrogen) atoms. The second kappa shape index (κ2) is 10.4. The van der Waals surface area contributed by atoms with E-state index in [9.17, 15) is 18.0 Å². The molecule has 0 bridgehead atoms. The zero-order chi connectivity index (χ0) is 25.3. The van der Waals surface area contributed by atoms with Crippen molar-refractivity contribution in [1.29, 1.82) is 0 Å². The van der Waals surface area contributed by atoms with Gasteiger partial charge in [-0.15, -0.1) is 0 Å². The lowest BCUT2D eigenvalue weighted by atomic mass is 9.92. The molecule has 0 spiro atoms. The van der Waals surface area contributed by atoms with Crippen molar-refractivity contribution in [3.63, 3.8) is 0 Å². The van der Waals surface area contributed by atoms with Gasteiger partial charge >= 0.3 is 6.18 Å². The van der Waals surface area contributed by atoms with Crippen LogP contribution in [0.15, 0.2) is 12.5 Å². The van der Waals surface area contributed by atoms with Gasteiger partial charge < -0.3 is 19.7 Å². The molecular weight excluding hydrogens is 471 g/mol. The number of nitrogens with one attached hydrogen (secondary N) is 1. The van der Waals surface area contributed by atoms with E-state index < -0.39 is 12.6 Å². The highest BCUT2D eigenvalue weighted by Gasteiger charge is 2.32. The smallest absolute Gasteiger partial charge is 0.356 e. The van der Waals surface area contributed by atoms with E-state index in [2.05, 4.69) is 29.7 Å². The van der Waals surface area contributed by atoms with E-state index in [1.165, 1.54) is 19.2 Å². The molecule has 5 rings (SSSR count). The minimum absolute atomic E-state index is 0.0274. The lowest BCUT2D eigenvalue weighted by Gasteiger charge is -2.35. The number of likely N-dealkylation sites (tertiary alicyclic amines) is 1. The summed E-state index contributed by atoms with van der Waals surface area (Å²) >= 11 is 0. The first kappa shape index (κ1) is 25.0. The highest BCUT2D eigenvalue weighted by atomic mass is 19.4. The molecule has 2 aromatic heterocycles. The molecule has 8 nitrogen and oxygen atoms in total. The van der Waals surface area contributed by atoms with E-state index in [4.69, 9.17) is 4.98 Å². The minimum atomic E-state index is -4.18. The van der Waals surface area contributed by atoms with E-state index in [1.807, 2.05) is 13.1 Å². The van der Waals surface area contributed by atoms with E-state index in [-0.39, 0.29) is 24.2 Å². The maximum absolute atomic E-state index is 12.8. The van der Waals surface area contributed by atoms with Crippen LogP contribution >= 0.6 is 0 Å². The first-order valence-corrected chi connectivity index (χ1v) is 13.0. The van der Waals surface area contributed by atoms with Gasteiger partial charge in [-0.1, -0.05) is 6.92 Å². The third kappa shape index (κ3) is 5.66. The summed E-state index contributed by atoms with van der Waals surface area (Å²) in [7, 11) is 0. The first-order valence-electron chi connectivity index (χ1n) is 13.0. The van der Waals surface area contributed by atoms with Crippen LogP contribution in [-0.4, -0.2) is 69.2 Å². The van der Waals surface area contributed by atoms with Gasteiger partial charge in [0.05, 0.1) is 5.69 Å². The minimum Gasteiger partial charge on any atom is -0.356 e. The number of imidazole rings is 1. The van der Waals surface area contributed by atoms with Crippen LogP contribution in [0.4, 0.5) is 24.8 Å². The van der Waals surface area contributed by atoms with Gasteiger partial charge in [0.15, 0.2) is 0 Å². The fraction of sp³-hybridized carbons (Fsp3) is 0.680. The normalized spacial score (nSPS) is 21.6. The van der Waals surface area contributed by atoms with Crippen LogP contribution < -0.4 is 10.2 Å². The summed E-state index contributed by atoms with van der Waals surface area (Å²) in [6.45, 7) is 7.40. The maximum Gasteiger partial charge on any atom is 0.389 e. The van der Waals surface area contributed by atoms with Gasteiger partial charge in [-0.3, -0.25) is 4.79 Å². The van der Waals surface area contributed by atoms with Gasteiger partial charge in [-0.25, -0.2) is 15.0 Å². The molecule has 11 heteroatoms. The fourth-order valence-corrected chi connectivity index (χ4v) is 5.74. The Hall–Kier alpha value is -2.69. The molecule has 3 aliphatic heterocycles. The molecule has 3 aliphatic rings. The molecule has 2 aromatic rings. The van der Waals surface area contributed by atoms with E-state index >= 15 is 0 Å². The van der Waals surface area contributed by atoms with Crippen molar-refractivity contribution in [2.45, 2.75) is 76.4 Å². The Kier molecular flexibility index (Phi) is 7.18. The van der Waals surface area contributed by atoms with Crippen LogP contribution in [0, 0.1) is 0 Å². The number of piperidine rings is 1. The standard InChI is InChI=1S/C25H34F3N7O/c1-17-14-20(36)32-22-21(17)24(30-16-29-22)34-10-5-18(6-11-34)23-31-19(4-7-25(26,27)28)15-35(23)13-12-33-8-2-3-9-33/h15-18H,2-14H2,1H3,(H,29,30,32,36)/t17-/m1/s1. The number of aryl methyl sites for hydroxylation is 1. The van der Waals surface area contributed by atoms with Crippen molar-refractivity contribution in [3.05, 3.63) is 29.6 Å². The van der Waals surface area contributed by atoms with E-state index in [1.54, 1.807) is 0 Å². The monoisotopic (exact) mass is 505 g/mol. The Morgan fingerprint density at radius 3 is 2.56 bits per heavy atom. The zero-order valence-corrected chi connectivity index (χ0v) is 20.7. The van der Waals surface area contributed by atoms with Crippen LogP contribution in [0.2, 0.25) is 0 Å². The number of aromatic nitrogens is 4. The van der Waals surface area contributed by atoms with Gasteiger partial charge in [0.2, 0.25) is 5.91 Å². The number of carbonyl (C=O) groups excluding carboxylic acids is 1. The lowest BCUT2D eigenvalue weighted by Crippen LogP contribution is -2.36. The van der Waals surface area contributed by atoms with Gasteiger partial charge in [-0.2, -0.15) is 13.2 Å². The molecule has 1 amide bonds. The third-order valence-electron chi connectivity index (χ3n) is 7.64. The summed E-state index contributed by atoms with van der Waals surface area (Å²) in [5.41, 5.74) is 1.51. The van der Waals surface area contributed by atoms with Crippen LogP contribution in [0.25, 0.3) is 0 Å². The number of hydrogen-bond donors (Lipinski definition) is 1. The third-order valence-corrected chi connectivity index (χ3v) is 7.64. The predicted molar refractivity (Wildman–Crippen MR) is 130 cm³/mol. The Morgan fingerprint density at radius 1 is 1.08 bits per heavy atom. The maximum atomic E-state index is 12.8. The van der Waals surface area contributed by atoms with Crippen molar-refractivity contribution in [1.82, 2.24) is 24.4 Å². The Labute approximate surface area is 209 Å². The molecule has 2 saturated heterocycles. The number of hydrogen-bond acceptors (Lipinski definition) is 6. The lowest BCUT2D eigenvalue weighted by molar-refractivity contribution is -0.134. The molecule has 1 N–H and O–H groups in total. The number of carbonyl (C=O) groups is 1. The van der Waals surface area contributed by atoms with Crippen LogP contribution in [0.5, 0.6) is 0 Å². The van der Waals surface area contributed by atoms with Gasteiger partial charge in [0, 0.05) is 56.7 Å². The van der Waals surface area contributed by atoms with Crippen molar-refractivity contribution >= 4 is 17.5 Å². The molecule has 196 valence electrons. The molecule has 2 fully saturated rings. The topological polar surface area (TPSA) is 79.2 Å². The van der Waals surface area contributed by atoms with Crippen molar-refractivity contribution < 1.29 is 18.0 Å². The van der Waals surface area contributed by atoms with Crippen LogP contribution in [-0.2, 0) is 17.8 Å². The van der Waals surface area contributed by atoms with Gasteiger partial charge in [0.25, 0.3) is 0 Å². The van der Waals surface area contributed by atoms with Crippen LogP contribution in [0.3, 0.4) is 0 Å². The van der Waals surface area contributed by atoms with Crippen molar-refractivity contribution in [3.8, 4) is 0 Å². The Bertz CT molecular complexity index is 1070. The number of fused-ring (bicyclic) bond motifs is 1.